The molecule has 0 aliphatic rings. The SMILES string of the molecule is Cc1ccc(N(C)C(=O)c2ccc(NC(=O)c3ccccc3-c3ccc(N)cc3)cc2)c(OCCCCCC(=O)O)c1. The van der Waals surface area contributed by atoms with Crippen LogP contribution in [-0.4, -0.2) is 36.5 Å². The minimum absolute atomic E-state index is 0.145. The van der Waals surface area contributed by atoms with Crippen LogP contribution in [0, 0.1) is 6.92 Å². The fourth-order valence-corrected chi connectivity index (χ4v) is 4.54. The van der Waals surface area contributed by atoms with Gasteiger partial charge in [-0.15, -0.1) is 0 Å². The zero-order valence-electron chi connectivity index (χ0n) is 23.8. The van der Waals surface area contributed by atoms with Crippen LogP contribution in [-0.2, 0) is 4.79 Å². The quantitative estimate of drug-likeness (QED) is 0.128. The number of hydrogen-bond donors (Lipinski definition) is 3. The maximum Gasteiger partial charge on any atom is 0.303 e. The first-order chi connectivity index (χ1) is 20.2. The summed E-state index contributed by atoms with van der Waals surface area (Å²) in [4.78, 5) is 38.8. The Kier molecular flexibility index (Phi) is 9.94. The molecule has 0 aliphatic heterocycles. The Balaban J connectivity index is 1.42. The monoisotopic (exact) mass is 565 g/mol. The first-order valence-electron chi connectivity index (χ1n) is 13.8. The number of aliphatic carboxylic acids is 1. The van der Waals surface area contributed by atoms with Crippen LogP contribution >= 0.6 is 0 Å². The maximum absolute atomic E-state index is 13.4. The van der Waals surface area contributed by atoms with E-state index in [4.69, 9.17) is 15.6 Å². The average Bonchev–Trinajstić information content (AvgIpc) is 2.99. The van der Waals surface area contributed by atoms with Gasteiger partial charge in [0, 0.05) is 36.0 Å². The van der Waals surface area contributed by atoms with Crippen molar-refractivity contribution in [2.75, 3.05) is 29.6 Å². The topological polar surface area (TPSA) is 122 Å². The molecule has 8 heteroatoms. The van der Waals surface area contributed by atoms with E-state index in [1.165, 1.54) is 4.90 Å². The fraction of sp³-hybridized carbons (Fsp3) is 0.206. The second-order valence-corrected chi connectivity index (χ2v) is 10.1. The zero-order valence-corrected chi connectivity index (χ0v) is 23.8. The number of nitrogens with one attached hydrogen (secondary N) is 1. The van der Waals surface area contributed by atoms with Crippen molar-refractivity contribution in [2.24, 2.45) is 0 Å². The minimum atomic E-state index is -0.799. The van der Waals surface area contributed by atoms with Gasteiger partial charge in [0.25, 0.3) is 11.8 Å². The highest BCUT2D eigenvalue weighted by Gasteiger charge is 2.18. The normalized spacial score (nSPS) is 10.6. The van der Waals surface area contributed by atoms with Crippen molar-refractivity contribution >= 4 is 34.8 Å². The molecule has 0 aromatic heterocycles. The second-order valence-electron chi connectivity index (χ2n) is 10.1. The first-order valence-corrected chi connectivity index (χ1v) is 13.8. The number of carbonyl (C=O) groups is 3. The number of nitrogens with two attached hydrogens (primary N) is 1. The molecule has 42 heavy (non-hydrogen) atoms. The summed E-state index contributed by atoms with van der Waals surface area (Å²) in [7, 11) is 1.69. The van der Waals surface area contributed by atoms with Gasteiger partial charge in [-0.3, -0.25) is 14.4 Å². The zero-order chi connectivity index (χ0) is 30.1. The van der Waals surface area contributed by atoms with Gasteiger partial charge in [0.2, 0.25) is 0 Å². The molecule has 4 N–H and O–H groups in total. The van der Waals surface area contributed by atoms with Gasteiger partial charge < -0.3 is 25.8 Å². The largest absolute Gasteiger partial charge is 0.491 e. The molecule has 0 fully saturated rings. The lowest BCUT2D eigenvalue weighted by atomic mass is 9.99. The standard InChI is InChI=1S/C34H35N3O5/c1-23-11-20-30(31(22-23)42-21-7-3-4-10-32(38)39)37(2)34(41)25-14-18-27(19-15-25)36-33(40)29-9-6-5-8-28(29)24-12-16-26(35)17-13-24/h5-6,8-9,11-20,22H,3-4,7,10,21,35H2,1-2H3,(H,36,40)(H,38,39). The molecule has 0 saturated carbocycles. The summed E-state index contributed by atoms with van der Waals surface area (Å²) in [5.41, 5.74) is 11.3. The molecule has 8 nitrogen and oxygen atoms in total. The first kappa shape index (κ1) is 29.9. The van der Waals surface area contributed by atoms with Crippen molar-refractivity contribution in [3.63, 3.8) is 0 Å². The molecule has 4 aromatic carbocycles. The van der Waals surface area contributed by atoms with Crippen molar-refractivity contribution in [3.05, 3.63) is 108 Å². The average molecular weight is 566 g/mol. The number of unbranched alkanes of at least 4 members (excludes halogenated alkanes) is 2. The van der Waals surface area contributed by atoms with Crippen LogP contribution in [0.25, 0.3) is 11.1 Å². The van der Waals surface area contributed by atoms with Gasteiger partial charge in [-0.2, -0.15) is 0 Å². The number of aryl methyl sites for hydroxylation is 1. The van der Waals surface area contributed by atoms with Crippen LogP contribution in [0.5, 0.6) is 5.75 Å². The number of benzene rings is 4. The molecular weight excluding hydrogens is 530 g/mol. The van der Waals surface area contributed by atoms with Crippen LogP contribution < -0.4 is 20.7 Å². The Morgan fingerprint density at radius 1 is 0.881 bits per heavy atom. The van der Waals surface area contributed by atoms with Gasteiger partial charge in [-0.1, -0.05) is 36.4 Å². The second kappa shape index (κ2) is 14.0. The molecular formula is C34H35N3O5. The number of nitrogens with zero attached hydrogens (tertiary/aromatic N) is 1. The number of ether oxygens (including phenoxy) is 1. The summed E-state index contributed by atoms with van der Waals surface area (Å²) in [6.45, 7) is 2.38. The molecule has 0 bridgehead atoms. The number of nitrogen functional groups attached to an aromatic ring is 1. The van der Waals surface area contributed by atoms with E-state index in [1.807, 2.05) is 55.5 Å². The highest BCUT2D eigenvalue weighted by molar-refractivity contribution is 6.09. The van der Waals surface area contributed by atoms with Gasteiger partial charge in [0.15, 0.2) is 0 Å². The van der Waals surface area contributed by atoms with E-state index in [-0.39, 0.29) is 18.2 Å². The summed E-state index contributed by atoms with van der Waals surface area (Å²) in [6.07, 6.45) is 2.21. The van der Waals surface area contributed by atoms with Gasteiger partial charge in [0.05, 0.1) is 12.3 Å². The van der Waals surface area contributed by atoms with E-state index >= 15 is 0 Å². The van der Waals surface area contributed by atoms with Gasteiger partial charge in [-0.25, -0.2) is 0 Å². The minimum Gasteiger partial charge on any atom is -0.491 e. The van der Waals surface area contributed by atoms with Crippen LogP contribution in [0.1, 0.15) is 52.0 Å². The third kappa shape index (κ3) is 7.75. The smallest absolute Gasteiger partial charge is 0.303 e. The highest BCUT2D eigenvalue weighted by Crippen LogP contribution is 2.31. The van der Waals surface area contributed by atoms with E-state index in [0.29, 0.717) is 47.0 Å². The summed E-state index contributed by atoms with van der Waals surface area (Å²) in [5, 5.41) is 11.7. The third-order valence-electron chi connectivity index (χ3n) is 6.86. The Morgan fingerprint density at radius 3 is 2.31 bits per heavy atom. The highest BCUT2D eigenvalue weighted by atomic mass is 16.5. The predicted molar refractivity (Wildman–Crippen MR) is 166 cm³/mol. The Labute approximate surface area is 245 Å². The van der Waals surface area contributed by atoms with E-state index < -0.39 is 5.97 Å². The fourth-order valence-electron chi connectivity index (χ4n) is 4.54. The van der Waals surface area contributed by atoms with Crippen LogP contribution in [0.4, 0.5) is 17.1 Å². The van der Waals surface area contributed by atoms with E-state index in [2.05, 4.69) is 5.32 Å². The number of carbonyl (C=O) groups excluding carboxylic acids is 2. The molecule has 0 spiro atoms. The van der Waals surface area contributed by atoms with E-state index in [0.717, 1.165) is 29.5 Å². The van der Waals surface area contributed by atoms with Crippen molar-refractivity contribution in [3.8, 4) is 16.9 Å². The molecule has 0 radical (unpaired) electrons. The Bertz CT molecular complexity index is 1550. The van der Waals surface area contributed by atoms with E-state index in [1.54, 1.807) is 49.5 Å². The molecule has 0 saturated heterocycles. The third-order valence-corrected chi connectivity index (χ3v) is 6.86. The van der Waals surface area contributed by atoms with E-state index in [9.17, 15) is 14.4 Å². The van der Waals surface area contributed by atoms with Crippen LogP contribution in [0.2, 0.25) is 0 Å². The number of rotatable bonds is 12. The summed E-state index contributed by atoms with van der Waals surface area (Å²) in [6, 6.07) is 27.1. The Hall–Kier alpha value is -5.11. The van der Waals surface area contributed by atoms with Crippen molar-refractivity contribution in [2.45, 2.75) is 32.6 Å². The lowest BCUT2D eigenvalue weighted by Crippen LogP contribution is -2.27. The summed E-state index contributed by atoms with van der Waals surface area (Å²) >= 11 is 0. The van der Waals surface area contributed by atoms with Crippen LogP contribution in [0.15, 0.2) is 91.0 Å². The molecule has 0 atom stereocenters. The number of anilines is 3. The van der Waals surface area contributed by atoms with Crippen molar-refractivity contribution < 1.29 is 24.2 Å². The summed E-state index contributed by atoms with van der Waals surface area (Å²) in [5.74, 6) is -0.695. The van der Waals surface area contributed by atoms with Gasteiger partial charge >= 0.3 is 5.97 Å². The molecule has 4 rings (SSSR count). The van der Waals surface area contributed by atoms with Gasteiger partial charge in [0.1, 0.15) is 5.75 Å². The van der Waals surface area contributed by atoms with Gasteiger partial charge in [-0.05, 0) is 97.5 Å². The van der Waals surface area contributed by atoms with Crippen molar-refractivity contribution in [1.29, 1.82) is 0 Å². The molecule has 216 valence electrons. The molecule has 2 amide bonds. The molecule has 0 heterocycles. The molecule has 4 aromatic rings. The lowest BCUT2D eigenvalue weighted by molar-refractivity contribution is -0.137. The number of carboxylic acid groups (broad SMARTS) is 1. The number of amides is 2. The lowest BCUT2D eigenvalue weighted by Gasteiger charge is -2.21. The Morgan fingerprint density at radius 2 is 1.60 bits per heavy atom. The molecule has 0 aliphatic carbocycles. The predicted octanol–water partition coefficient (Wildman–Crippen LogP) is 6.80. The summed E-state index contributed by atoms with van der Waals surface area (Å²) < 4.78 is 5.99. The maximum atomic E-state index is 13.4. The molecule has 0 unspecified atom stereocenters. The number of hydrogen-bond acceptors (Lipinski definition) is 5. The van der Waals surface area contributed by atoms with Crippen LogP contribution in [0.3, 0.4) is 0 Å². The van der Waals surface area contributed by atoms with Crippen molar-refractivity contribution in [1.82, 2.24) is 0 Å². The number of carboxylic acids is 1.